The lowest BCUT2D eigenvalue weighted by atomic mass is 10.1. The fourth-order valence-electron chi connectivity index (χ4n) is 1.89. The average molecular weight is 293 g/mol. The normalized spacial score (nSPS) is 12.7. The number of carbonyl (C=O) groups excluding carboxylic acids is 1. The van der Waals surface area contributed by atoms with Crippen molar-refractivity contribution in [2.24, 2.45) is 0 Å². The molecule has 1 aromatic carbocycles. The molecule has 5 heteroatoms. The van der Waals surface area contributed by atoms with E-state index in [0.29, 0.717) is 18.8 Å². The molecule has 0 heterocycles. The summed E-state index contributed by atoms with van der Waals surface area (Å²) in [6.45, 7) is 9.15. The van der Waals surface area contributed by atoms with Crippen LogP contribution in [0, 0.1) is 6.92 Å². The molecule has 5 nitrogen and oxygen atoms in total. The van der Waals surface area contributed by atoms with Gasteiger partial charge in [0.1, 0.15) is 0 Å². The first-order valence-electron chi connectivity index (χ1n) is 7.30. The number of amides is 1. The summed E-state index contributed by atoms with van der Waals surface area (Å²) in [5.41, 5.74) is 8.17. The summed E-state index contributed by atoms with van der Waals surface area (Å²) in [6.07, 6.45) is 0.208. The number of anilines is 2. The van der Waals surface area contributed by atoms with E-state index in [1.807, 2.05) is 51.8 Å². The minimum Gasteiger partial charge on any atom is -0.399 e. The van der Waals surface area contributed by atoms with Crippen LogP contribution in [0.3, 0.4) is 0 Å². The maximum absolute atomic E-state index is 12.3. The zero-order valence-electron chi connectivity index (χ0n) is 13.6. The monoisotopic (exact) mass is 293 g/mol. The number of aryl methyl sites for hydroxylation is 1. The molecule has 1 aromatic rings. The van der Waals surface area contributed by atoms with Crippen molar-refractivity contribution in [2.45, 2.75) is 39.8 Å². The number of rotatable bonds is 7. The van der Waals surface area contributed by atoms with E-state index in [1.165, 1.54) is 0 Å². The summed E-state index contributed by atoms with van der Waals surface area (Å²) in [5.74, 6) is -0.0325. The molecule has 1 amide bonds. The van der Waals surface area contributed by atoms with Crippen molar-refractivity contribution < 1.29 is 9.53 Å². The lowest BCUT2D eigenvalue weighted by molar-refractivity contribution is -0.120. The Hall–Kier alpha value is -1.59. The molecule has 0 aliphatic carbocycles. The predicted molar refractivity (Wildman–Crippen MR) is 87.4 cm³/mol. The highest BCUT2D eigenvalue weighted by molar-refractivity contribution is 5.95. The molecule has 118 valence electrons. The Balaban J connectivity index is 2.53. The largest absolute Gasteiger partial charge is 0.399 e. The van der Waals surface area contributed by atoms with Gasteiger partial charge in [0.2, 0.25) is 5.91 Å². The first-order valence-corrected chi connectivity index (χ1v) is 7.30. The number of benzene rings is 1. The number of hydrogen-bond donors (Lipinski definition) is 2. The summed E-state index contributed by atoms with van der Waals surface area (Å²) in [7, 11) is 1.92. The minimum absolute atomic E-state index is 0.0325. The Morgan fingerprint density at radius 2 is 2.05 bits per heavy atom. The molecule has 1 atom stereocenters. The second kappa shape index (κ2) is 8.00. The standard InChI is InChI=1S/C16H27N3O2/c1-11(2)21-9-8-19(5)13(4)16(20)18-15-7-6-14(17)10-12(15)3/h6-7,10-11,13H,8-9,17H2,1-5H3,(H,18,20). The fourth-order valence-corrected chi connectivity index (χ4v) is 1.89. The second-order valence-electron chi connectivity index (χ2n) is 5.64. The molecule has 0 saturated carbocycles. The van der Waals surface area contributed by atoms with Crippen LogP contribution in [0.1, 0.15) is 26.3 Å². The van der Waals surface area contributed by atoms with Crippen molar-refractivity contribution in [3.05, 3.63) is 23.8 Å². The van der Waals surface area contributed by atoms with Gasteiger partial charge in [-0.2, -0.15) is 0 Å². The van der Waals surface area contributed by atoms with Crippen molar-refractivity contribution in [1.82, 2.24) is 4.90 Å². The van der Waals surface area contributed by atoms with Crippen molar-refractivity contribution in [3.63, 3.8) is 0 Å². The van der Waals surface area contributed by atoms with Gasteiger partial charge >= 0.3 is 0 Å². The molecule has 0 fully saturated rings. The Morgan fingerprint density at radius 3 is 2.62 bits per heavy atom. The molecule has 0 aliphatic heterocycles. The van der Waals surface area contributed by atoms with Gasteiger partial charge in [0.25, 0.3) is 0 Å². The second-order valence-corrected chi connectivity index (χ2v) is 5.64. The summed E-state index contributed by atoms with van der Waals surface area (Å²) >= 11 is 0. The highest BCUT2D eigenvalue weighted by Crippen LogP contribution is 2.18. The highest BCUT2D eigenvalue weighted by atomic mass is 16.5. The third kappa shape index (κ3) is 5.73. The Kier molecular flexibility index (Phi) is 6.65. The van der Waals surface area contributed by atoms with Gasteiger partial charge < -0.3 is 15.8 Å². The van der Waals surface area contributed by atoms with Gasteiger partial charge in [-0.15, -0.1) is 0 Å². The molecule has 0 aromatic heterocycles. The first-order chi connectivity index (χ1) is 9.81. The summed E-state index contributed by atoms with van der Waals surface area (Å²) in [4.78, 5) is 14.2. The number of carbonyl (C=O) groups is 1. The van der Waals surface area contributed by atoms with E-state index in [9.17, 15) is 4.79 Å². The molecule has 1 rings (SSSR count). The molecule has 0 spiro atoms. The zero-order chi connectivity index (χ0) is 16.0. The van der Waals surface area contributed by atoms with E-state index in [1.54, 1.807) is 6.07 Å². The van der Waals surface area contributed by atoms with Gasteiger partial charge in [0.15, 0.2) is 0 Å². The quantitative estimate of drug-likeness (QED) is 0.757. The van der Waals surface area contributed by atoms with Crippen LogP contribution in [0.5, 0.6) is 0 Å². The van der Waals surface area contributed by atoms with Crippen LogP contribution >= 0.6 is 0 Å². The van der Waals surface area contributed by atoms with Crippen LogP contribution in [0.25, 0.3) is 0 Å². The van der Waals surface area contributed by atoms with E-state index >= 15 is 0 Å². The van der Waals surface area contributed by atoms with Gasteiger partial charge in [-0.25, -0.2) is 0 Å². The van der Waals surface area contributed by atoms with Crippen molar-refractivity contribution >= 4 is 17.3 Å². The minimum atomic E-state index is -0.224. The van der Waals surface area contributed by atoms with Crippen LogP contribution in [0.15, 0.2) is 18.2 Å². The van der Waals surface area contributed by atoms with Crippen LogP contribution in [-0.4, -0.2) is 43.2 Å². The number of nitrogens with one attached hydrogen (secondary N) is 1. The highest BCUT2D eigenvalue weighted by Gasteiger charge is 2.18. The fraction of sp³-hybridized carbons (Fsp3) is 0.562. The molecular formula is C16H27N3O2. The topological polar surface area (TPSA) is 67.6 Å². The van der Waals surface area contributed by atoms with E-state index in [0.717, 1.165) is 11.3 Å². The number of hydrogen-bond acceptors (Lipinski definition) is 4. The predicted octanol–water partition coefficient (Wildman–Crippen LogP) is 2.26. The maximum Gasteiger partial charge on any atom is 0.241 e. The molecule has 3 N–H and O–H groups in total. The smallest absolute Gasteiger partial charge is 0.241 e. The third-order valence-electron chi connectivity index (χ3n) is 3.44. The molecule has 1 unspecified atom stereocenters. The van der Waals surface area contributed by atoms with Crippen LogP contribution in [0.2, 0.25) is 0 Å². The molecule has 21 heavy (non-hydrogen) atoms. The van der Waals surface area contributed by atoms with Crippen LogP contribution < -0.4 is 11.1 Å². The van der Waals surface area contributed by atoms with Crippen molar-refractivity contribution in [3.8, 4) is 0 Å². The van der Waals surface area contributed by atoms with Crippen LogP contribution in [-0.2, 0) is 9.53 Å². The average Bonchev–Trinajstić information content (AvgIpc) is 2.40. The summed E-state index contributed by atoms with van der Waals surface area (Å²) < 4.78 is 5.51. The Labute approximate surface area is 127 Å². The third-order valence-corrected chi connectivity index (χ3v) is 3.44. The van der Waals surface area contributed by atoms with Crippen molar-refractivity contribution in [2.75, 3.05) is 31.2 Å². The number of likely N-dealkylation sites (N-methyl/N-ethyl adjacent to an activating group) is 1. The van der Waals surface area contributed by atoms with E-state index in [2.05, 4.69) is 5.32 Å². The molecular weight excluding hydrogens is 266 g/mol. The lowest BCUT2D eigenvalue weighted by Crippen LogP contribution is -2.41. The number of nitrogens with zero attached hydrogens (tertiary/aromatic N) is 1. The SMILES string of the molecule is Cc1cc(N)ccc1NC(=O)C(C)N(C)CCOC(C)C. The molecule has 0 saturated heterocycles. The van der Waals surface area contributed by atoms with Gasteiger partial charge in [-0.1, -0.05) is 0 Å². The van der Waals surface area contributed by atoms with Gasteiger partial charge in [0.05, 0.1) is 18.8 Å². The van der Waals surface area contributed by atoms with E-state index in [4.69, 9.17) is 10.5 Å². The molecule has 0 bridgehead atoms. The summed E-state index contributed by atoms with van der Waals surface area (Å²) in [5, 5.41) is 2.94. The first kappa shape index (κ1) is 17.5. The van der Waals surface area contributed by atoms with Crippen molar-refractivity contribution in [1.29, 1.82) is 0 Å². The van der Waals surface area contributed by atoms with Gasteiger partial charge in [-0.05, 0) is 58.5 Å². The van der Waals surface area contributed by atoms with Gasteiger partial charge in [0, 0.05) is 17.9 Å². The lowest BCUT2D eigenvalue weighted by Gasteiger charge is -2.24. The Morgan fingerprint density at radius 1 is 1.38 bits per heavy atom. The van der Waals surface area contributed by atoms with E-state index < -0.39 is 0 Å². The number of ether oxygens (including phenoxy) is 1. The van der Waals surface area contributed by atoms with E-state index in [-0.39, 0.29) is 18.1 Å². The number of nitrogen functional groups attached to an aromatic ring is 1. The molecule has 0 aliphatic rings. The van der Waals surface area contributed by atoms with Gasteiger partial charge in [-0.3, -0.25) is 9.69 Å². The number of nitrogens with two attached hydrogens (primary N) is 1. The van der Waals surface area contributed by atoms with Crippen LogP contribution in [0.4, 0.5) is 11.4 Å². The molecule has 0 radical (unpaired) electrons. The Bertz CT molecular complexity index is 475. The summed E-state index contributed by atoms with van der Waals surface area (Å²) in [6, 6.07) is 5.24. The maximum atomic E-state index is 12.3. The zero-order valence-corrected chi connectivity index (χ0v) is 13.6.